The molecule has 0 aromatic heterocycles. The van der Waals surface area contributed by atoms with Gasteiger partial charge in [-0.1, -0.05) is 6.92 Å². The number of hydrogen-bond donors (Lipinski definition) is 2. The van der Waals surface area contributed by atoms with E-state index in [9.17, 15) is 13.2 Å². The molecule has 0 unspecified atom stereocenters. The quantitative estimate of drug-likeness (QED) is 0.838. The Morgan fingerprint density at radius 1 is 1.40 bits per heavy atom. The van der Waals surface area contributed by atoms with Gasteiger partial charge < -0.3 is 10.1 Å². The SMILES string of the molecule is CC[C@@H](C)NS(=O)(=O)c1ccc(OC)c(NC(C)=O)c1. The number of rotatable bonds is 6. The zero-order chi connectivity index (χ0) is 15.3. The van der Waals surface area contributed by atoms with Crippen molar-refractivity contribution in [3.8, 4) is 5.75 Å². The summed E-state index contributed by atoms with van der Waals surface area (Å²) in [4.78, 5) is 11.2. The van der Waals surface area contributed by atoms with Crippen LogP contribution in [0.2, 0.25) is 0 Å². The molecule has 2 N–H and O–H groups in total. The highest BCUT2D eigenvalue weighted by molar-refractivity contribution is 7.89. The number of ether oxygens (including phenoxy) is 1. The van der Waals surface area contributed by atoms with Crippen molar-refractivity contribution >= 4 is 21.6 Å². The van der Waals surface area contributed by atoms with Crippen LogP contribution in [0.25, 0.3) is 0 Å². The minimum atomic E-state index is -3.61. The number of benzene rings is 1. The summed E-state index contributed by atoms with van der Waals surface area (Å²) in [5.41, 5.74) is 0.326. The van der Waals surface area contributed by atoms with E-state index in [4.69, 9.17) is 4.74 Å². The molecule has 0 spiro atoms. The molecule has 1 aromatic carbocycles. The topological polar surface area (TPSA) is 84.5 Å². The highest BCUT2D eigenvalue weighted by atomic mass is 32.2. The largest absolute Gasteiger partial charge is 0.495 e. The summed E-state index contributed by atoms with van der Waals surface area (Å²) in [5.74, 6) is 0.107. The number of amides is 1. The average molecular weight is 300 g/mol. The van der Waals surface area contributed by atoms with E-state index in [-0.39, 0.29) is 16.8 Å². The lowest BCUT2D eigenvalue weighted by Gasteiger charge is -2.14. The van der Waals surface area contributed by atoms with Crippen molar-refractivity contribution in [2.45, 2.75) is 38.1 Å². The van der Waals surface area contributed by atoms with Crippen LogP contribution in [0.4, 0.5) is 5.69 Å². The number of carbonyl (C=O) groups excluding carboxylic acids is 1. The Hall–Kier alpha value is -1.60. The number of anilines is 1. The normalized spacial score (nSPS) is 12.8. The molecule has 0 heterocycles. The van der Waals surface area contributed by atoms with Gasteiger partial charge in [-0.2, -0.15) is 0 Å². The number of nitrogens with one attached hydrogen (secondary N) is 2. The molecule has 112 valence electrons. The molecule has 7 heteroatoms. The van der Waals surface area contributed by atoms with E-state index >= 15 is 0 Å². The lowest BCUT2D eigenvalue weighted by Crippen LogP contribution is -2.32. The molecule has 20 heavy (non-hydrogen) atoms. The Kier molecular flexibility index (Phi) is 5.52. The van der Waals surface area contributed by atoms with Gasteiger partial charge in [0.1, 0.15) is 5.75 Å². The van der Waals surface area contributed by atoms with Crippen LogP contribution < -0.4 is 14.8 Å². The standard InChI is InChI=1S/C13H20N2O4S/c1-5-9(2)15-20(17,18)11-6-7-13(19-4)12(8-11)14-10(3)16/h6-9,15H,5H2,1-4H3,(H,14,16)/t9-/m1/s1. The molecule has 0 fully saturated rings. The first kappa shape index (κ1) is 16.5. The van der Waals surface area contributed by atoms with Gasteiger partial charge in [0.2, 0.25) is 15.9 Å². The van der Waals surface area contributed by atoms with Gasteiger partial charge in [0.15, 0.2) is 0 Å². The first-order valence-electron chi connectivity index (χ1n) is 6.28. The van der Waals surface area contributed by atoms with E-state index in [1.165, 1.54) is 32.2 Å². The van der Waals surface area contributed by atoms with E-state index in [0.717, 1.165) is 0 Å². The Morgan fingerprint density at radius 3 is 2.55 bits per heavy atom. The van der Waals surface area contributed by atoms with Crippen molar-refractivity contribution in [1.29, 1.82) is 0 Å². The molecule has 0 aliphatic carbocycles. The monoisotopic (exact) mass is 300 g/mol. The molecule has 1 amide bonds. The number of methoxy groups -OCH3 is 1. The molecular formula is C13H20N2O4S. The van der Waals surface area contributed by atoms with E-state index in [1.807, 2.05) is 6.92 Å². The smallest absolute Gasteiger partial charge is 0.240 e. The fraction of sp³-hybridized carbons (Fsp3) is 0.462. The highest BCUT2D eigenvalue weighted by Crippen LogP contribution is 2.27. The summed E-state index contributed by atoms with van der Waals surface area (Å²) >= 11 is 0. The second kappa shape index (κ2) is 6.71. The van der Waals surface area contributed by atoms with Crippen molar-refractivity contribution in [3.05, 3.63) is 18.2 Å². The van der Waals surface area contributed by atoms with Crippen LogP contribution in [-0.4, -0.2) is 27.5 Å². The lowest BCUT2D eigenvalue weighted by atomic mass is 10.3. The van der Waals surface area contributed by atoms with Crippen LogP contribution in [0.5, 0.6) is 5.75 Å². The average Bonchev–Trinajstić information content (AvgIpc) is 2.37. The molecule has 1 aromatic rings. The van der Waals surface area contributed by atoms with E-state index < -0.39 is 10.0 Å². The van der Waals surface area contributed by atoms with Crippen LogP contribution in [0.15, 0.2) is 23.1 Å². The third kappa shape index (κ3) is 4.21. The summed E-state index contributed by atoms with van der Waals surface area (Å²) < 4.78 is 32.0. The van der Waals surface area contributed by atoms with Crippen LogP contribution >= 0.6 is 0 Å². The first-order valence-corrected chi connectivity index (χ1v) is 7.76. The summed E-state index contributed by atoms with van der Waals surface area (Å²) in [6.07, 6.45) is 0.688. The van der Waals surface area contributed by atoms with Gasteiger partial charge in [-0.3, -0.25) is 4.79 Å². The first-order chi connectivity index (χ1) is 9.30. The van der Waals surface area contributed by atoms with Crippen LogP contribution in [-0.2, 0) is 14.8 Å². The van der Waals surface area contributed by atoms with Crippen LogP contribution in [0, 0.1) is 0 Å². The predicted octanol–water partition coefficient (Wildman–Crippen LogP) is 1.73. The number of hydrogen-bond acceptors (Lipinski definition) is 4. The number of sulfonamides is 1. The lowest BCUT2D eigenvalue weighted by molar-refractivity contribution is -0.114. The molecule has 1 atom stereocenters. The second-order valence-corrected chi connectivity index (χ2v) is 6.19. The van der Waals surface area contributed by atoms with Crippen molar-refractivity contribution in [2.24, 2.45) is 0 Å². The Morgan fingerprint density at radius 2 is 2.05 bits per heavy atom. The number of carbonyl (C=O) groups is 1. The van der Waals surface area contributed by atoms with E-state index in [2.05, 4.69) is 10.0 Å². The molecule has 0 saturated heterocycles. The van der Waals surface area contributed by atoms with E-state index in [0.29, 0.717) is 17.9 Å². The Bertz CT molecular complexity index is 584. The third-order valence-electron chi connectivity index (χ3n) is 2.76. The van der Waals surface area contributed by atoms with Gasteiger partial charge in [0, 0.05) is 13.0 Å². The minimum absolute atomic E-state index is 0.0855. The highest BCUT2D eigenvalue weighted by Gasteiger charge is 2.18. The van der Waals surface area contributed by atoms with Gasteiger partial charge in [-0.25, -0.2) is 13.1 Å². The van der Waals surface area contributed by atoms with Gasteiger partial charge in [0.25, 0.3) is 0 Å². The summed E-state index contributed by atoms with van der Waals surface area (Å²) in [5, 5.41) is 2.55. The van der Waals surface area contributed by atoms with Crippen molar-refractivity contribution in [1.82, 2.24) is 4.72 Å². The zero-order valence-corrected chi connectivity index (χ0v) is 12.9. The van der Waals surface area contributed by atoms with Crippen molar-refractivity contribution in [2.75, 3.05) is 12.4 Å². The predicted molar refractivity (Wildman–Crippen MR) is 77.4 cm³/mol. The maximum absolute atomic E-state index is 12.2. The van der Waals surface area contributed by atoms with Crippen LogP contribution in [0.1, 0.15) is 27.2 Å². The summed E-state index contributed by atoms with van der Waals surface area (Å²) in [6.45, 7) is 5.03. The van der Waals surface area contributed by atoms with Gasteiger partial charge >= 0.3 is 0 Å². The Labute approximate surface area is 119 Å². The maximum Gasteiger partial charge on any atom is 0.240 e. The molecule has 0 aliphatic heterocycles. The maximum atomic E-state index is 12.2. The second-order valence-electron chi connectivity index (χ2n) is 4.47. The van der Waals surface area contributed by atoms with Gasteiger partial charge in [-0.15, -0.1) is 0 Å². The summed E-state index contributed by atoms with van der Waals surface area (Å²) in [7, 11) is -2.16. The fourth-order valence-corrected chi connectivity index (χ4v) is 2.91. The molecular weight excluding hydrogens is 280 g/mol. The van der Waals surface area contributed by atoms with Crippen molar-refractivity contribution < 1.29 is 17.9 Å². The molecule has 1 rings (SSSR count). The molecule has 0 bridgehead atoms. The van der Waals surface area contributed by atoms with Crippen molar-refractivity contribution in [3.63, 3.8) is 0 Å². The minimum Gasteiger partial charge on any atom is -0.495 e. The third-order valence-corrected chi connectivity index (χ3v) is 4.35. The van der Waals surface area contributed by atoms with Crippen LogP contribution in [0.3, 0.4) is 0 Å². The molecule has 0 saturated carbocycles. The fourth-order valence-electron chi connectivity index (χ4n) is 1.56. The van der Waals surface area contributed by atoms with Gasteiger partial charge in [0.05, 0.1) is 17.7 Å². The Balaban J connectivity index is 3.16. The molecule has 6 nitrogen and oxygen atoms in total. The molecule has 0 radical (unpaired) electrons. The zero-order valence-electron chi connectivity index (χ0n) is 12.1. The summed E-state index contributed by atoms with van der Waals surface area (Å²) in [6, 6.07) is 4.17. The van der Waals surface area contributed by atoms with E-state index in [1.54, 1.807) is 6.92 Å². The van der Waals surface area contributed by atoms with Gasteiger partial charge in [-0.05, 0) is 31.5 Å². The molecule has 0 aliphatic rings.